The van der Waals surface area contributed by atoms with Crippen LogP contribution in [0.1, 0.15) is 31.2 Å². The number of imide groups is 1. The maximum atomic E-state index is 12.6. The number of piperazine rings is 1. The zero-order valence-corrected chi connectivity index (χ0v) is 11.8. The average Bonchev–Trinajstić information content (AvgIpc) is 2.62. The second-order valence-corrected chi connectivity index (χ2v) is 5.73. The largest absolute Gasteiger partial charge is 0.283 e. The average molecular weight is 272 g/mol. The first kappa shape index (κ1) is 13.3. The number of fused-ring (bicyclic) bond motifs is 2. The van der Waals surface area contributed by atoms with Crippen molar-refractivity contribution in [3.8, 4) is 0 Å². The molecule has 2 aliphatic heterocycles. The van der Waals surface area contributed by atoms with Crippen LogP contribution in [0.15, 0.2) is 30.3 Å². The van der Waals surface area contributed by atoms with Crippen molar-refractivity contribution in [2.45, 2.75) is 44.3 Å². The molecule has 20 heavy (non-hydrogen) atoms. The van der Waals surface area contributed by atoms with Gasteiger partial charge in [-0.25, -0.2) is 0 Å². The third-order valence-corrected chi connectivity index (χ3v) is 4.47. The molecule has 2 fully saturated rings. The highest BCUT2D eigenvalue weighted by atomic mass is 16.2. The van der Waals surface area contributed by atoms with Crippen LogP contribution in [0.2, 0.25) is 0 Å². The van der Waals surface area contributed by atoms with Crippen molar-refractivity contribution in [1.82, 2.24) is 9.80 Å². The molecule has 0 radical (unpaired) electrons. The van der Waals surface area contributed by atoms with Gasteiger partial charge >= 0.3 is 0 Å². The van der Waals surface area contributed by atoms with Crippen molar-refractivity contribution >= 4 is 11.8 Å². The number of benzene rings is 1. The van der Waals surface area contributed by atoms with Crippen molar-refractivity contribution in [1.29, 1.82) is 0 Å². The zero-order chi connectivity index (χ0) is 14.1. The summed E-state index contributed by atoms with van der Waals surface area (Å²) >= 11 is 0. The van der Waals surface area contributed by atoms with Crippen molar-refractivity contribution in [2.24, 2.45) is 0 Å². The van der Waals surface area contributed by atoms with Crippen LogP contribution < -0.4 is 0 Å². The third kappa shape index (κ3) is 2.24. The summed E-state index contributed by atoms with van der Waals surface area (Å²) in [6.45, 7) is 0.402. The van der Waals surface area contributed by atoms with Crippen LogP contribution in [0.25, 0.3) is 0 Å². The first-order valence-corrected chi connectivity index (χ1v) is 7.29. The summed E-state index contributed by atoms with van der Waals surface area (Å²) in [6.07, 6.45) is 3.79. The first-order valence-electron chi connectivity index (χ1n) is 7.29. The van der Waals surface area contributed by atoms with E-state index in [2.05, 4.69) is 0 Å². The molecule has 3 rings (SSSR count). The van der Waals surface area contributed by atoms with E-state index in [1.807, 2.05) is 42.3 Å². The van der Waals surface area contributed by atoms with Crippen molar-refractivity contribution in [2.75, 3.05) is 7.05 Å². The van der Waals surface area contributed by atoms with Crippen LogP contribution in [0.3, 0.4) is 0 Å². The molecule has 2 heterocycles. The highest BCUT2D eigenvalue weighted by molar-refractivity contribution is 6.02. The Morgan fingerprint density at radius 1 is 1.00 bits per heavy atom. The van der Waals surface area contributed by atoms with Crippen molar-refractivity contribution < 1.29 is 9.59 Å². The first-order chi connectivity index (χ1) is 9.68. The minimum absolute atomic E-state index is 0.0282. The number of hydrogen-bond acceptors (Lipinski definition) is 3. The Balaban J connectivity index is 1.87. The predicted molar refractivity (Wildman–Crippen MR) is 75.8 cm³/mol. The van der Waals surface area contributed by atoms with Gasteiger partial charge < -0.3 is 0 Å². The van der Waals surface area contributed by atoms with Gasteiger partial charge in [-0.2, -0.15) is 0 Å². The summed E-state index contributed by atoms with van der Waals surface area (Å²) in [4.78, 5) is 28.6. The third-order valence-electron chi connectivity index (χ3n) is 4.47. The van der Waals surface area contributed by atoms with Gasteiger partial charge in [-0.05, 0) is 25.5 Å². The van der Waals surface area contributed by atoms with Crippen LogP contribution in [-0.2, 0) is 16.1 Å². The van der Waals surface area contributed by atoms with Crippen LogP contribution in [0.4, 0.5) is 0 Å². The van der Waals surface area contributed by atoms with E-state index in [4.69, 9.17) is 0 Å². The molecule has 106 valence electrons. The smallest absolute Gasteiger partial charge is 0.246 e. The molecule has 2 atom stereocenters. The molecule has 0 N–H and O–H groups in total. The molecule has 2 unspecified atom stereocenters. The fraction of sp³-hybridized carbons (Fsp3) is 0.500. The van der Waals surface area contributed by atoms with Gasteiger partial charge in [0.2, 0.25) is 11.8 Å². The maximum Gasteiger partial charge on any atom is 0.246 e. The molecule has 4 nitrogen and oxygen atoms in total. The van der Waals surface area contributed by atoms with E-state index in [9.17, 15) is 9.59 Å². The van der Waals surface area contributed by atoms with E-state index >= 15 is 0 Å². The van der Waals surface area contributed by atoms with E-state index in [1.165, 1.54) is 4.90 Å². The highest BCUT2D eigenvalue weighted by Gasteiger charge is 2.45. The quantitative estimate of drug-likeness (QED) is 0.771. The van der Waals surface area contributed by atoms with E-state index in [0.29, 0.717) is 6.54 Å². The summed E-state index contributed by atoms with van der Waals surface area (Å²) in [5.41, 5.74) is 1.01. The summed E-state index contributed by atoms with van der Waals surface area (Å²) in [5.74, 6) is -0.0565. The van der Waals surface area contributed by atoms with Crippen molar-refractivity contribution in [3.63, 3.8) is 0 Å². The van der Waals surface area contributed by atoms with Gasteiger partial charge in [0.1, 0.15) is 0 Å². The number of rotatable bonds is 2. The zero-order valence-electron chi connectivity index (χ0n) is 11.8. The minimum atomic E-state index is -0.121. The molecule has 1 aromatic rings. The molecule has 2 saturated heterocycles. The van der Waals surface area contributed by atoms with E-state index in [0.717, 1.165) is 31.2 Å². The summed E-state index contributed by atoms with van der Waals surface area (Å²) in [7, 11) is 1.91. The number of hydrogen-bond donors (Lipinski definition) is 0. The topological polar surface area (TPSA) is 40.6 Å². The standard InChI is InChI=1S/C16H20N2O2/c1-17-13-9-5-6-10-14(17)16(20)18(15(13)19)11-12-7-3-2-4-8-12/h2-4,7-8,13-14H,5-6,9-11H2,1H3. The van der Waals surface area contributed by atoms with Gasteiger partial charge in [-0.1, -0.05) is 43.2 Å². The Kier molecular flexibility index (Phi) is 3.57. The molecule has 2 aliphatic rings. The molecule has 0 aliphatic carbocycles. The highest BCUT2D eigenvalue weighted by Crippen LogP contribution is 2.28. The Morgan fingerprint density at radius 3 is 2.10 bits per heavy atom. The lowest BCUT2D eigenvalue weighted by Gasteiger charge is -2.41. The van der Waals surface area contributed by atoms with Gasteiger partial charge in [-0.15, -0.1) is 0 Å². The molecule has 0 spiro atoms. The van der Waals surface area contributed by atoms with Gasteiger partial charge in [0.05, 0.1) is 18.6 Å². The second-order valence-electron chi connectivity index (χ2n) is 5.73. The Bertz CT molecular complexity index is 488. The van der Waals surface area contributed by atoms with Gasteiger partial charge in [0, 0.05) is 0 Å². The minimum Gasteiger partial charge on any atom is -0.283 e. The van der Waals surface area contributed by atoms with E-state index in [-0.39, 0.29) is 23.9 Å². The number of amides is 2. The van der Waals surface area contributed by atoms with Crippen LogP contribution in [0.5, 0.6) is 0 Å². The molecule has 2 amide bonds. The Labute approximate surface area is 119 Å². The monoisotopic (exact) mass is 272 g/mol. The molecular formula is C16H20N2O2. The van der Waals surface area contributed by atoms with Gasteiger partial charge in [-0.3, -0.25) is 19.4 Å². The lowest BCUT2D eigenvalue weighted by atomic mass is 10.0. The van der Waals surface area contributed by atoms with Crippen LogP contribution >= 0.6 is 0 Å². The SMILES string of the molecule is CN1C2CCCCC1C(=O)N(Cc1ccccc1)C2=O. The molecule has 0 aromatic heterocycles. The molecule has 2 bridgehead atoms. The number of nitrogens with zero attached hydrogens (tertiary/aromatic N) is 2. The fourth-order valence-corrected chi connectivity index (χ4v) is 3.29. The van der Waals surface area contributed by atoms with Gasteiger partial charge in [0.15, 0.2) is 0 Å². The fourth-order valence-electron chi connectivity index (χ4n) is 3.29. The van der Waals surface area contributed by atoms with E-state index < -0.39 is 0 Å². The van der Waals surface area contributed by atoms with Gasteiger partial charge in [0.25, 0.3) is 0 Å². The number of carbonyl (C=O) groups excluding carboxylic acids is 2. The number of likely N-dealkylation sites (N-methyl/N-ethyl adjacent to an activating group) is 1. The molecular weight excluding hydrogens is 252 g/mol. The Morgan fingerprint density at radius 2 is 1.55 bits per heavy atom. The van der Waals surface area contributed by atoms with Crippen LogP contribution in [-0.4, -0.2) is 40.7 Å². The lowest BCUT2D eigenvalue weighted by Crippen LogP contribution is -2.62. The molecule has 0 saturated carbocycles. The summed E-state index contributed by atoms with van der Waals surface area (Å²) < 4.78 is 0. The molecule has 4 heteroatoms. The maximum absolute atomic E-state index is 12.6. The normalized spacial score (nSPS) is 27.6. The Hall–Kier alpha value is -1.68. The lowest BCUT2D eigenvalue weighted by molar-refractivity contribution is -0.160. The van der Waals surface area contributed by atoms with Crippen LogP contribution in [0, 0.1) is 0 Å². The predicted octanol–water partition coefficient (Wildman–Crippen LogP) is 1.80. The molecule has 1 aromatic carbocycles. The summed E-state index contributed by atoms with van der Waals surface area (Å²) in [5, 5.41) is 0. The second kappa shape index (κ2) is 5.37. The van der Waals surface area contributed by atoms with E-state index in [1.54, 1.807) is 0 Å². The summed E-state index contributed by atoms with van der Waals surface area (Å²) in [6, 6.07) is 9.50. The number of carbonyl (C=O) groups is 2. The van der Waals surface area contributed by atoms with Crippen molar-refractivity contribution in [3.05, 3.63) is 35.9 Å².